The Hall–Kier alpha value is -1.60. The number of ether oxygens (including phenoxy) is 1. The van der Waals surface area contributed by atoms with E-state index in [1.165, 1.54) is 4.31 Å². The Bertz CT molecular complexity index is 698. The largest absolute Gasteiger partial charge is 0.494 e. The Labute approximate surface area is 149 Å². The summed E-state index contributed by atoms with van der Waals surface area (Å²) in [6.07, 6.45) is 3.53. The van der Waals surface area contributed by atoms with Crippen LogP contribution in [0.1, 0.15) is 32.6 Å². The first kappa shape index (κ1) is 18.2. The number of nitrogens with zero attached hydrogens (tertiary/aromatic N) is 2. The maximum Gasteiger partial charge on any atom is 0.243 e. The highest BCUT2D eigenvalue weighted by Crippen LogP contribution is 2.31. The highest BCUT2D eigenvalue weighted by atomic mass is 32.2. The molecule has 2 aliphatic rings. The van der Waals surface area contributed by atoms with Crippen LogP contribution in [-0.4, -0.2) is 56.3 Å². The third-order valence-corrected chi connectivity index (χ3v) is 6.54. The standard InChI is InChI=1S/C18H26N2O4S/c1-2-14-24-16-6-8-17(9-7-16)25(22,23)20-11-3-10-19(12-13-20)18(21)15-4-5-15/h6-9,15H,2-5,10-14H2,1H3. The minimum Gasteiger partial charge on any atom is -0.494 e. The molecule has 1 aromatic carbocycles. The van der Waals surface area contributed by atoms with Crippen molar-refractivity contribution >= 4 is 15.9 Å². The lowest BCUT2D eigenvalue weighted by Crippen LogP contribution is -2.37. The molecular formula is C18H26N2O4S. The summed E-state index contributed by atoms with van der Waals surface area (Å²) in [7, 11) is -3.54. The molecule has 138 valence electrons. The van der Waals surface area contributed by atoms with Crippen molar-refractivity contribution in [2.45, 2.75) is 37.5 Å². The number of sulfonamides is 1. The van der Waals surface area contributed by atoms with Gasteiger partial charge in [-0.2, -0.15) is 4.31 Å². The maximum absolute atomic E-state index is 12.9. The van der Waals surface area contributed by atoms with Gasteiger partial charge in [-0.1, -0.05) is 6.92 Å². The minimum absolute atomic E-state index is 0.179. The number of amides is 1. The van der Waals surface area contributed by atoms with Gasteiger partial charge in [0.15, 0.2) is 0 Å². The lowest BCUT2D eigenvalue weighted by atomic mass is 10.3. The third kappa shape index (κ3) is 4.33. The molecule has 0 spiro atoms. The second kappa shape index (κ2) is 7.74. The fraction of sp³-hybridized carbons (Fsp3) is 0.611. The minimum atomic E-state index is -3.54. The molecule has 1 saturated carbocycles. The summed E-state index contributed by atoms with van der Waals surface area (Å²) < 4.78 is 32.7. The molecule has 0 radical (unpaired) electrons. The summed E-state index contributed by atoms with van der Waals surface area (Å²) in [5.74, 6) is 1.05. The molecule has 0 aromatic heterocycles. The lowest BCUT2D eigenvalue weighted by Gasteiger charge is -2.22. The number of carbonyl (C=O) groups excluding carboxylic acids is 1. The highest BCUT2D eigenvalue weighted by molar-refractivity contribution is 7.89. The van der Waals surface area contributed by atoms with Crippen molar-refractivity contribution in [1.82, 2.24) is 9.21 Å². The van der Waals surface area contributed by atoms with Crippen LogP contribution < -0.4 is 4.74 Å². The number of rotatable bonds is 6. The third-order valence-electron chi connectivity index (χ3n) is 4.63. The summed E-state index contributed by atoms with van der Waals surface area (Å²) in [6.45, 7) is 4.57. The van der Waals surface area contributed by atoms with Crippen molar-refractivity contribution in [2.24, 2.45) is 5.92 Å². The van der Waals surface area contributed by atoms with Crippen molar-refractivity contribution in [3.05, 3.63) is 24.3 Å². The van der Waals surface area contributed by atoms with E-state index in [2.05, 4.69) is 0 Å². The molecule has 1 amide bonds. The average Bonchev–Trinajstić information content (AvgIpc) is 3.46. The number of hydrogen-bond acceptors (Lipinski definition) is 4. The second-order valence-electron chi connectivity index (χ2n) is 6.68. The Balaban J connectivity index is 1.66. The topological polar surface area (TPSA) is 66.9 Å². The zero-order valence-corrected chi connectivity index (χ0v) is 15.5. The van der Waals surface area contributed by atoms with Crippen molar-refractivity contribution in [1.29, 1.82) is 0 Å². The van der Waals surface area contributed by atoms with Crippen molar-refractivity contribution in [2.75, 3.05) is 32.8 Å². The SMILES string of the molecule is CCCOc1ccc(S(=O)(=O)N2CCCN(C(=O)C3CC3)CC2)cc1. The number of hydrogen-bond donors (Lipinski definition) is 0. The molecule has 0 bridgehead atoms. The molecule has 7 heteroatoms. The maximum atomic E-state index is 12.9. The molecule has 1 aliphatic carbocycles. The van der Waals surface area contributed by atoms with Crippen LogP contribution in [0, 0.1) is 5.92 Å². The van der Waals surface area contributed by atoms with E-state index in [9.17, 15) is 13.2 Å². The van der Waals surface area contributed by atoms with E-state index in [-0.39, 0.29) is 16.7 Å². The van der Waals surface area contributed by atoms with Crippen LogP contribution in [0.5, 0.6) is 5.75 Å². The van der Waals surface area contributed by atoms with Gasteiger partial charge in [-0.25, -0.2) is 8.42 Å². The van der Waals surface area contributed by atoms with Gasteiger partial charge in [0.2, 0.25) is 15.9 Å². The van der Waals surface area contributed by atoms with Crippen LogP contribution in [0.15, 0.2) is 29.2 Å². The normalized spacial score (nSPS) is 19.5. The molecular weight excluding hydrogens is 340 g/mol. The van der Waals surface area contributed by atoms with Gasteiger partial charge in [0.05, 0.1) is 11.5 Å². The van der Waals surface area contributed by atoms with Gasteiger partial charge in [0.25, 0.3) is 0 Å². The Morgan fingerprint density at radius 1 is 1.12 bits per heavy atom. The first-order valence-electron chi connectivity index (χ1n) is 9.04. The molecule has 3 rings (SSSR count). The first-order chi connectivity index (χ1) is 12.0. The van der Waals surface area contributed by atoms with E-state index in [1.54, 1.807) is 24.3 Å². The molecule has 1 saturated heterocycles. The van der Waals surface area contributed by atoms with Gasteiger partial charge in [-0.3, -0.25) is 4.79 Å². The van der Waals surface area contributed by atoms with Gasteiger partial charge >= 0.3 is 0 Å². The van der Waals surface area contributed by atoms with Crippen molar-refractivity contribution < 1.29 is 17.9 Å². The van der Waals surface area contributed by atoms with Crippen LogP contribution in [0.4, 0.5) is 0 Å². The molecule has 1 aliphatic heterocycles. The molecule has 6 nitrogen and oxygen atoms in total. The summed E-state index contributed by atoms with van der Waals surface area (Å²) in [5, 5.41) is 0. The molecule has 25 heavy (non-hydrogen) atoms. The molecule has 2 fully saturated rings. The molecule has 0 atom stereocenters. The summed E-state index contributed by atoms with van der Waals surface area (Å²) in [5.41, 5.74) is 0. The monoisotopic (exact) mass is 366 g/mol. The van der Waals surface area contributed by atoms with Gasteiger partial charge < -0.3 is 9.64 Å². The van der Waals surface area contributed by atoms with Gasteiger partial charge in [0, 0.05) is 32.1 Å². The lowest BCUT2D eigenvalue weighted by molar-refractivity contribution is -0.132. The van der Waals surface area contributed by atoms with Gasteiger partial charge in [-0.05, 0) is 49.9 Å². The predicted octanol–water partition coefficient (Wildman–Crippen LogP) is 2.11. The van der Waals surface area contributed by atoms with E-state index in [0.29, 0.717) is 45.0 Å². The molecule has 1 aromatic rings. The summed E-state index contributed by atoms with van der Waals surface area (Å²) >= 11 is 0. The van der Waals surface area contributed by atoms with E-state index in [1.807, 2.05) is 11.8 Å². The van der Waals surface area contributed by atoms with Crippen LogP contribution in [0.2, 0.25) is 0 Å². The molecule has 1 heterocycles. The van der Waals surface area contributed by atoms with E-state index < -0.39 is 10.0 Å². The van der Waals surface area contributed by atoms with E-state index in [4.69, 9.17) is 4.74 Å². The quantitative estimate of drug-likeness (QED) is 0.773. The Morgan fingerprint density at radius 2 is 1.84 bits per heavy atom. The van der Waals surface area contributed by atoms with Gasteiger partial charge in [0.1, 0.15) is 5.75 Å². The first-order valence-corrected chi connectivity index (χ1v) is 10.5. The van der Waals surface area contributed by atoms with E-state index in [0.717, 1.165) is 19.3 Å². The zero-order chi connectivity index (χ0) is 17.9. The molecule has 0 unspecified atom stereocenters. The Kier molecular flexibility index (Phi) is 5.64. The fourth-order valence-electron chi connectivity index (χ4n) is 3.02. The zero-order valence-electron chi connectivity index (χ0n) is 14.7. The fourth-order valence-corrected chi connectivity index (χ4v) is 4.49. The number of carbonyl (C=O) groups is 1. The Morgan fingerprint density at radius 3 is 2.48 bits per heavy atom. The predicted molar refractivity (Wildman–Crippen MR) is 94.9 cm³/mol. The van der Waals surface area contributed by atoms with Crippen LogP contribution in [0.25, 0.3) is 0 Å². The average molecular weight is 366 g/mol. The number of benzene rings is 1. The van der Waals surface area contributed by atoms with Crippen LogP contribution in [0.3, 0.4) is 0 Å². The second-order valence-corrected chi connectivity index (χ2v) is 8.61. The van der Waals surface area contributed by atoms with Gasteiger partial charge in [-0.15, -0.1) is 0 Å². The summed E-state index contributed by atoms with van der Waals surface area (Å²) in [6, 6.07) is 6.59. The summed E-state index contributed by atoms with van der Waals surface area (Å²) in [4.78, 5) is 14.3. The van der Waals surface area contributed by atoms with E-state index >= 15 is 0 Å². The highest BCUT2D eigenvalue weighted by Gasteiger charge is 2.35. The van der Waals surface area contributed by atoms with Crippen LogP contribution in [-0.2, 0) is 14.8 Å². The van der Waals surface area contributed by atoms with Crippen molar-refractivity contribution in [3.8, 4) is 5.75 Å². The molecule has 0 N–H and O–H groups in total. The smallest absolute Gasteiger partial charge is 0.243 e. The van der Waals surface area contributed by atoms with Crippen molar-refractivity contribution in [3.63, 3.8) is 0 Å². The van der Waals surface area contributed by atoms with Crippen LogP contribution >= 0.6 is 0 Å².